The summed E-state index contributed by atoms with van der Waals surface area (Å²) in [6, 6.07) is 19.5. The number of aromatic nitrogens is 1. The van der Waals surface area contributed by atoms with Gasteiger partial charge in [0.1, 0.15) is 0 Å². The number of hydrogen-bond acceptors (Lipinski definition) is 4. The summed E-state index contributed by atoms with van der Waals surface area (Å²) in [5, 5.41) is 1.14. The van der Waals surface area contributed by atoms with Crippen LogP contribution in [0, 0.1) is 0 Å². The molecule has 0 spiro atoms. The molecule has 1 atom stereocenters. The Hall–Kier alpha value is -2.17. The molecule has 0 amide bonds. The van der Waals surface area contributed by atoms with E-state index in [0.717, 1.165) is 23.7 Å². The zero-order valence-electron chi connectivity index (χ0n) is 15.2. The van der Waals surface area contributed by atoms with Crippen LogP contribution < -0.4 is 4.90 Å². The second-order valence-corrected chi connectivity index (χ2v) is 7.95. The molecule has 4 heteroatoms. The number of rotatable bonds is 5. The van der Waals surface area contributed by atoms with E-state index in [2.05, 4.69) is 83.6 Å². The minimum absolute atomic E-state index is 0.537. The van der Waals surface area contributed by atoms with Crippen LogP contribution in [0.3, 0.4) is 0 Å². The quantitative estimate of drug-likeness (QED) is 0.642. The number of fused-ring (bicyclic) bond motifs is 1. The molecule has 1 saturated heterocycles. The third kappa shape index (κ3) is 3.97. The molecule has 1 fully saturated rings. The second kappa shape index (κ2) is 8.02. The lowest BCUT2D eigenvalue weighted by Gasteiger charge is -2.37. The molecule has 0 aliphatic carbocycles. The van der Waals surface area contributed by atoms with Crippen molar-refractivity contribution in [2.75, 3.05) is 31.6 Å². The van der Waals surface area contributed by atoms with Crippen LogP contribution in [0.2, 0.25) is 0 Å². The van der Waals surface area contributed by atoms with Gasteiger partial charge in [0.05, 0.1) is 10.2 Å². The number of hydrogen-bond donors (Lipinski definition) is 0. The first-order valence-electron chi connectivity index (χ1n) is 9.32. The molecule has 1 aromatic heterocycles. The Morgan fingerprint density at radius 2 is 1.96 bits per heavy atom. The second-order valence-electron chi connectivity index (χ2n) is 6.94. The van der Waals surface area contributed by atoms with Crippen molar-refractivity contribution in [1.29, 1.82) is 0 Å². The summed E-state index contributed by atoms with van der Waals surface area (Å²) in [4.78, 5) is 9.77. The highest BCUT2D eigenvalue weighted by Gasteiger charge is 2.24. The summed E-state index contributed by atoms with van der Waals surface area (Å²) in [7, 11) is 2.20. The molecule has 0 saturated carbocycles. The Balaban J connectivity index is 1.39. The van der Waals surface area contributed by atoms with Crippen LogP contribution in [0.15, 0.2) is 60.7 Å². The van der Waals surface area contributed by atoms with E-state index in [9.17, 15) is 0 Å². The van der Waals surface area contributed by atoms with Gasteiger partial charge in [-0.05, 0) is 37.1 Å². The lowest BCUT2D eigenvalue weighted by Crippen LogP contribution is -2.46. The largest absolute Gasteiger partial charge is 0.347 e. The van der Waals surface area contributed by atoms with Crippen molar-refractivity contribution in [1.82, 2.24) is 9.88 Å². The Bertz CT molecular complexity index is 838. The lowest BCUT2D eigenvalue weighted by atomic mass is 10.0. The molecule has 0 bridgehead atoms. The molecule has 2 heterocycles. The summed E-state index contributed by atoms with van der Waals surface area (Å²) in [6.45, 7) is 3.30. The van der Waals surface area contributed by atoms with Crippen LogP contribution in [-0.2, 0) is 0 Å². The summed E-state index contributed by atoms with van der Waals surface area (Å²) >= 11 is 1.80. The van der Waals surface area contributed by atoms with E-state index in [-0.39, 0.29) is 0 Å². The smallest absolute Gasteiger partial charge is 0.186 e. The maximum Gasteiger partial charge on any atom is 0.186 e. The van der Waals surface area contributed by atoms with Gasteiger partial charge in [0, 0.05) is 26.2 Å². The fourth-order valence-corrected chi connectivity index (χ4v) is 4.58. The zero-order valence-corrected chi connectivity index (χ0v) is 16.0. The molecule has 134 valence electrons. The molecule has 1 aliphatic rings. The summed E-state index contributed by atoms with van der Waals surface area (Å²) in [5.41, 5.74) is 2.38. The summed E-state index contributed by atoms with van der Waals surface area (Å²) in [5.74, 6) is 0. The van der Waals surface area contributed by atoms with Gasteiger partial charge in [-0.25, -0.2) is 4.98 Å². The number of likely N-dealkylation sites (tertiary alicyclic amines) is 1. The summed E-state index contributed by atoms with van der Waals surface area (Å²) in [6.07, 6.45) is 7.00. The fourth-order valence-electron chi connectivity index (χ4n) is 3.58. The van der Waals surface area contributed by atoms with Crippen LogP contribution in [-0.4, -0.2) is 42.6 Å². The first-order chi connectivity index (χ1) is 12.8. The van der Waals surface area contributed by atoms with Crippen LogP contribution in [0.25, 0.3) is 16.3 Å². The van der Waals surface area contributed by atoms with Crippen molar-refractivity contribution in [2.24, 2.45) is 0 Å². The molecule has 0 N–H and O–H groups in total. The first-order valence-corrected chi connectivity index (χ1v) is 10.1. The molecule has 26 heavy (non-hydrogen) atoms. The van der Waals surface area contributed by atoms with E-state index < -0.39 is 0 Å². The molecule has 3 nitrogen and oxygen atoms in total. The van der Waals surface area contributed by atoms with E-state index in [0.29, 0.717) is 6.04 Å². The number of piperidine rings is 1. The van der Waals surface area contributed by atoms with Crippen molar-refractivity contribution >= 4 is 32.8 Å². The van der Waals surface area contributed by atoms with E-state index in [1.807, 2.05) is 0 Å². The van der Waals surface area contributed by atoms with E-state index in [1.165, 1.54) is 29.6 Å². The number of anilines is 1. The lowest BCUT2D eigenvalue weighted by molar-refractivity contribution is 0.226. The van der Waals surface area contributed by atoms with Crippen LogP contribution in [0.5, 0.6) is 0 Å². The molecular weight excluding hydrogens is 338 g/mol. The maximum absolute atomic E-state index is 4.83. The highest BCUT2D eigenvalue weighted by molar-refractivity contribution is 7.22. The van der Waals surface area contributed by atoms with Crippen molar-refractivity contribution in [3.05, 3.63) is 66.2 Å². The third-order valence-electron chi connectivity index (χ3n) is 5.09. The number of thiazole rings is 1. The average molecular weight is 364 g/mol. The van der Waals surface area contributed by atoms with E-state index in [4.69, 9.17) is 4.98 Å². The fraction of sp³-hybridized carbons (Fsp3) is 0.318. The average Bonchev–Trinajstić information content (AvgIpc) is 3.13. The third-order valence-corrected chi connectivity index (χ3v) is 6.21. The van der Waals surface area contributed by atoms with Gasteiger partial charge in [0.25, 0.3) is 0 Å². The van der Waals surface area contributed by atoms with E-state index >= 15 is 0 Å². The summed E-state index contributed by atoms with van der Waals surface area (Å²) < 4.78 is 1.27. The van der Waals surface area contributed by atoms with Crippen molar-refractivity contribution < 1.29 is 0 Å². The number of para-hydroxylation sites is 1. The van der Waals surface area contributed by atoms with Crippen LogP contribution in [0.4, 0.5) is 5.13 Å². The molecule has 4 rings (SSSR count). The van der Waals surface area contributed by atoms with E-state index in [1.54, 1.807) is 11.3 Å². The van der Waals surface area contributed by atoms with Crippen molar-refractivity contribution in [2.45, 2.75) is 18.9 Å². The minimum atomic E-state index is 0.537. The van der Waals surface area contributed by atoms with Crippen LogP contribution >= 0.6 is 11.3 Å². The highest BCUT2D eigenvalue weighted by Crippen LogP contribution is 2.30. The molecule has 3 aromatic rings. The SMILES string of the molecule is CN(c1nc2ccccc2s1)C1CCCN(CC=Cc2ccccc2)C1. The topological polar surface area (TPSA) is 19.4 Å². The van der Waals surface area contributed by atoms with Gasteiger partial charge in [-0.1, -0.05) is 66.0 Å². The standard InChI is InChI=1S/C22H25N3S/c1-24(22-23-20-13-5-6-14-21(20)26-22)19-12-8-16-25(17-19)15-7-11-18-9-3-2-4-10-18/h2-7,9-11,13-14,19H,8,12,15-17H2,1H3. The van der Waals surface area contributed by atoms with Crippen molar-refractivity contribution in [3.63, 3.8) is 0 Å². The van der Waals surface area contributed by atoms with Gasteiger partial charge in [-0.3, -0.25) is 4.90 Å². The number of nitrogens with zero attached hydrogens (tertiary/aromatic N) is 3. The predicted octanol–water partition coefficient (Wildman–Crippen LogP) is 4.91. The van der Waals surface area contributed by atoms with Gasteiger partial charge < -0.3 is 4.90 Å². The van der Waals surface area contributed by atoms with Gasteiger partial charge in [0.2, 0.25) is 0 Å². The zero-order chi connectivity index (χ0) is 17.8. The van der Waals surface area contributed by atoms with Crippen LogP contribution in [0.1, 0.15) is 18.4 Å². The van der Waals surface area contributed by atoms with Gasteiger partial charge in [-0.2, -0.15) is 0 Å². The Labute approximate surface area is 159 Å². The maximum atomic E-state index is 4.83. The molecule has 1 unspecified atom stereocenters. The molecular formula is C22H25N3S. The molecule has 2 aromatic carbocycles. The van der Waals surface area contributed by atoms with Crippen molar-refractivity contribution in [3.8, 4) is 0 Å². The minimum Gasteiger partial charge on any atom is -0.347 e. The van der Waals surface area contributed by atoms with Gasteiger partial charge in [0.15, 0.2) is 5.13 Å². The number of benzene rings is 2. The van der Waals surface area contributed by atoms with Gasteiger partial charge >= 0.3 is 0 Å². The Morgan fingerprint density at radius 1 is 1.15 bits per heavy atom. The number of likely N-dealkylation sites (N-methyl/N-ethyl adjacent to an activating group) is 1. The predicted molar refractivity (Wildman–Crippen MR) is 113 cm³/mol. The monoisotopic (exact) mass is 363 g/mol. The normalized spacial score (nSPS) is 18.6. The molecule has 0 radical (unpaired) electrons. The molecule has 1 aliphatic heterocycles. The Kier molecular flexibility index (Phi) is 5.32. The van der Waals surface area contributed by atoms with Gasteiger partial charge in [-0.15, -0.1) is 0 Å². The first kappa shape index (κ1) is 17.3. The Morgan fingerprint density at radius 3 is 2.81 bits per heavy atom. The highest BCUT2D eigenvalue weighted by atomic mass is 32.1.